The molecule has 0 aromatic carbocycles. The Morgan fingerprint density at radius 3 is 2.61 bits per heavy atom. The fraction of sp³-hybridized carbons (Fsp3) is 0.583. The Hall–Kier alpha value is -2.68. The van der Waals surface area contributed by atoms with Gasteiger partial charge in [0.25, 0.3) is 5.91 Å². The summed E-state index contributed by atoms with van der Waals surface area (Å²) < 4.78 is 11.4. The number of aryl methyl sites for hydroxylation is 1. The minimum atomic E-state index is -0.591. The van der Waals surface area contributed by atoms with E-state index in [2.05, 4.69) is 17.2 Å². The highest BCUT2D eigenvalue weighted by molar-refractivity contribution is 7.19. The van der Waals surface area contributed by atoms with Crippen molar-refractivity contribution < 1.29 is 19.1 Å². The van der Waals surface area contributed by atoms with E-state index in [1.165, 1.54) is 24.2 Å². The van der Waals surface area contributed by atoms with E-state index in [1.54, 1.807) is 0 Å². The van der Waals surface area contributed by atoms with Crippen molar-refractivity contribution >= 4 is 28.5 Å². The summed E-state index contributed by atoms with van der Waals surface area (Å²) in [5.74, 6) is 1.04. The number of rotatable bonds is 6. The number of amides is 2. The molecule has 33 heavy (non-hydrogen) atoms. The Morgan fingerprint density at radius 1 is 1.24 bits per heavy atom. The number of nitrogens with zero attached hydrogens (tertiary/aromatic N) is 3. The number of pyridine rings is 1. The van der Waals surface area contributed by atoms with E-state index >= 15 is 0 Å². The maximum absolute atomic E-state index is 13.3. The third-order valence-electron chi connectivity index (χ3n) is 6.12. The highest BCUT2D eigenvalue weighted by atomic mass is 32.1. The number of ether oxygens (including phenoxy) is 2. The van der Waals surface area contributed by atoms with Gasteiger partial charge in [0, 0.05) is 12.6 Å². The van der Waals surface area contributed by atoms with Crippen LogP contribution in [0.4, 0.5) is 9.93 Å². The third-order valence-corrected chi connectivity index (χ3v) is 7.21. The lowest BCUT2D eigenvalue weighted by atomic mass is 10.1. The second-order valence-corrected chi connectivity index (χ2v) is 11.2. The van der Waals surface area contributed by atoms with E-state index < -0.39 is 11.7 Å². The van der Waals surface area contributed by atoms with Gasteiger partial charge in [0.15, 0.2) is 5.13 Å². The first-order valence-electron chi connectivity index (χ1n) is 11.6. The highest BCUT2D eigenvalue weighted by Crippen LogP contribution is 2.43. The molecule has 2 aromatic rings. The Balaban J connectivity index is 1.45. The molecule has 3 aliphatic rings. The van der Waals surface area contributed by atoms with Crippen LogP contribution in [0.3, 0.4) is 0 Å². The van der Waals surface area contributed by atoms with Gasteiger partial charge in [-0.05, 0) is 77.8 Å². The summed E-state index contributed by atoms with van der Waals surface area (Å²) in [6, 6.07) is 2.20. The Labute approximate surface area is 197 Å². The number of hydrogen-bond donors (Lipinski definition) is 1. The van der Waals surface area contributed by atoms with Gasteiger partial charge in [-0.3, -0.25) is 10.1 Å². The molecule has 0 unspecified atom stereocenters. The second kappa shape index (κ2) is 7.97. The molecule has 176 valence electrons. The molecule has 2 amide bonds. The highest BCUT2D eigenvalue weighted by Gasteiger charge is 2.41. The Bertz CT molecular complexity index is 1110. The van der Waals surface area contributed by atoms with Crippen molar-refractivity contribution in [1.82, 2.24) is 14.9 Å². The van der Waals surface area contributed by atoms with Gasteiger partial charge in [-0.1, -0.05) is 11.3 Å². The van der Waals surface area contributed by atoms with E-state index in [4.69, 9.17) is 14.5 Å². The summed E-state index contributed by atoms with van der Waals surface area (Å²) in [5, 5.41) is 3.16. The molecule has 0 radical (unpaired) electrons. The van der Waals surface area contributed by atoms with Gasteiger partial charge in [0.05, 0.1) is 16.3 Å². The first-order chi connectivity index (χ1) is 15.6. The first kappa shape index (κ1) is 22.1. The number of thiazole rings is 1. The molecule has 0 bridgehead atoms. The molecule has 0 spiro atoms. The van der Waals surface area contributed by atoms with E-state index in [9.17, 15) is 9.59 Å². The third kappa shape index (κ3) is 4.69. The van der Waals surface area contributed by atoms with Crippen LogP contribution in [-0.2, 0) is 11.3 Å². The largest absolute Gasteiger partial charge is 0.474 e. The summed E-state index contributed by atoms with van der Waals surface area (Å²) in [6.45, 7) is 10.0. The first-order valence-corrected chi connectivity index (χ1v) is 12.4. The average Bonchev–Trinajstić information content (AvgIpc) is 3.63. The second-order valence-electron chi connectivity index (χ2n) is 10.2. The van der Waals surface area contributed by atoms with Gasteiger partial charge in [-0.25, -0.2) is 14.8 Å². The van der Waals surface area contributed by atoms with Crippen molar-refractivity contribution in [2.45, 2.75) is 84.6 Å². The molecule has 2 aromatic heterocycles. The fourth-order valence-corrected chi connectivity index (χ4v) is 5.02. The lowest BCUT2D eigenvalue weighted by Gasteiger charge is -2.23. The van der Waals surface area contributed by atoms with Gasteiger partial charge in [-0.2, -0.15) is 0 Å². The van der Waals surface area contributed by atoms with Gasteiger partial charge >= 0.3 is 6.09 Å². The van der Waals surface area contributed by atoms with Crippen LogP contribution < -0.4 is 10.1 Å². The normalized spacial score (nSPS) is 18.8. The molecule has 1 atom stereocenters. The van der Waals surface area contributed by atoms with Crippen molar-refractivity contribution in [2.75, 3.05) is 5.32 Å². The molecular weight excluding hydrogens is 440 g/mol. The molecule has 2 fully saturated rings. The number of fused-ring (bicyclic) bond motifs is 1. The molecule has 9 heteroatoms. The molecule has 8 nitrogen and oxygen atoms in total. The quantitative estimate of drug-likeness (QED) is 0.627. The standard InChI is InChI=1S/C24H30N4O4S/c1-12-19(33-22(25-12)27-23(30)32-24(3,4)5)17-10-15-11-28(13(2)14-6-7-14)21(29)18(15)20(26-17)31-16-8-9-16/h10,13-14,16H,6-9,11H2,1-5H3,(H,25,27,30)/t13-/m0/s1. The van der Waals surface area contributed by atoms with Gasteiger partial charge in [-0.15, -0.1) is 0 Å². The smallest absolute Gasteiger partial charge is 0.413 e. The van der Waals surface area contributed by atoms with E-state index in [0.717, 1.165) is 29.0 Å². The van der Waals surface area contributed by atoms with Crippen LogP contribution in [0.15, 0.2) is 6.07 Å². The predicted molar refractivity (Wildman–Crippen MR) is 126 cm³/mol. The predicted octanol–water partition coefficient (Wildman–Crippen LogP) is 5.16. The van der Waals surface area contributed by atoms with Crippen molar-refractivity contribution in [3.8, 4) is 16.5 Å². The zero-order valence-electron chi connectivity index (χ0n) is 19.7. The number of anilines is 1. The van der Waals surface area contributed by atoms with Crippen LogP contribution in [0.5, 0.6) is 5.88 Å². The summed E-state index contributed by atoms with van der Waals surface area (Å²) in [7, 11) is 0. The van der Waals surface area contributed by atoms with Crippen molar-refractivity contribution in [2.24, 2.45) is 5.92 Å². The molecule has 2 aliphatic carbocycles. The van der Waals surface area contributed by atoms with E-state index in [0.29, 0.717) is 34.7 Å². The number of aromatic nitrogens is 2. The van der Waals surface area contributed by atoms with Gasteiger partial charge < -0.3 is 14.4 Å². The minimum absolute atomic E-state index is 0.0207. The van der Waals surface area contributed by atoms with Crippen molar-refractivity contribution in [1.29, 1.82) is 0 Å². The molecule has 1 aliphatic heterocycles. The monoisotopic (exact) mass is 470 g/mol. The average molecular weight is 471 g/mol. The van der Waals surface area contributed by atoms with Crippen LogP contribution in [0, 0.1) is 12.8 Å². The SMILES string of the molecule is Cc1nc(NC(=O)OC(C)(C)C)sc1-c1cc2c(c(OC3CC3)n1)C(=O)N([C@@H](C)C1CC1)C2. The number of carbonyl (C=O) groups is 2. The van der Waals surface area contributed by atoms with Crippen LogP contribution in [0.1, 0.15) is 75.0 Å². The van der Waals surface area contributed by atoms with E-state index in [1.807, 2.05) is 38.7 Å². The number of hydrogen-bond acceptors (Lipinski definition) is 7. The minimum Gasteiger partial charge on any atom is -0.474 e. The topological polar surface area (TPSA) is 93.6 Å². The maximum Gasteiger partial charge on any atom is 0.413 e. The lowest BCUT2D eigenvalue weighted by Crippen LogP contribution is -2.34. The fourth-order valence-electron chi connectivity index (χ4n) is 4.11. The molecule has 5 rings (SSSR count). The maximum atomic E-state index is 13.3. The number of carbonyl (C=O) groups excluding carboxylic acids is 2. The molecule has 0 saturated heterocycles. The van der Waals surface area contributed by atoms with Crippen LogP contribution >= 0.6 is 11.3 Å². The summed E-state index contributed by atoms with van der Waals surface area (Å²) in [4.78, 5) is 37.5. The van der Waals surface area contributed by atoms with Gasteiger partial charge in [0.1, 0.15) is 17.3 Å². The number of nitrogens with one attached hydrogen (secondary N) is 1. The van der Waals surface area contributed by atoms with E-state index in [-0.39, 0.29) is 18.1 Å². The lowest BCUT2D eigenvalue weighted by molar-refractivity contribution is 0.0634. The summed E-state index contributed by atoms with van der Waals surface area (Å²) in [5.41, 5.74) is 2.43. The molecule has 3 heterocycles. The van der Waals surface area contributed by atoms with Crippen molar-refractivity contribution in [3.63, 3.8) is 0 Å². The van der Waals surface area contributed by atoms with Gasteiger partial charge in [0.2, 0.25) is 5.88 Å². The summed E-state index contributed by atoms with van der Waals surface area (Å²) >= 11 is 1.34. The van der Waals surface area contributed by atoms with Crippen LogP contribution in [0.25, 0.3) is 10.6 Å². The molecular formula is C24H30N4O4S. The zero-order valence-corrected chi connectivity index (χ0v) is 20.5. The summed E-state index contributed by atoms with van der Waals surface area (Å²) in [6.07, 6.45) is 3.93. The molecule has 1 N–H and O–H groups in total. The van der Waals surface area contributed by atoms with Crippen LogP contribution in [0.2, 0.25) is 0 Å². The van der Waals surface area contributed by atoms with Crippen LogP contribution in [-0.4, -0.2) is 44.6 Å². The van der Waals surface area contributed by atoms with Crippen molar-refractivity contribution in [3.05, 3.63) is 22.9 Å². The Morgan fingerprint density at radius 2 is 1.97 bits per heavy atom. The molecule has 2 saturated carbocycles. The zero-order chi connectivity index (χ0) is 23.5. The Kier molecular flexibility index (Phi) is 5.34.